The second-order valence-corrected chi connectivity index (χ2v) is 7.65. The third-order valence-corrected chi connectivity index (χ3v) is 4.93. The van der Waals surface area contributed by atoms with Crippen LogP contribution in [0.2, 0.25) is 5.02 Å². The molecule has 0 aliphatic carbocycles. The molecule has 0 saturated heterocycles. The molecule has 0 atom stereocenters. The summed E-state index contributed by atoms with van der Waals surface area (Å²) in [5.41, 5.74) is -1.09. The summed E-state index contributed by atoms with van der Waals surface area (Å²) in [6.07, 6.45) is -4.58. The normalized spacial score (nSPS) is 12.1. The molecule has 2 aromatic rings. The minimum atomic E-state index is -4.58. The van der Waals surface area contributed by atoms with E-state index in [0.29, 0.717) is 0 Å². The second kappa shape index (κ2) is 7.75. The molecule has 0 unspecified atom stereocenters. The fraction of sp³-hybridized carbons (Fsp3) is 0.188. The van der Waals surface area contributed by atoms with Gasteiger partial charge in [-0.3, -0.25) is 4.79 Å². The standard InChI is InChI=1S/C16H14ClF3N2O4S/c1-22(2)27(24,25)26-12-6-3-10(4-7-12)15(23)21-14-9-11(16(18,19)20)5-8-13(14)17/h3-9H,1-2H3,(H,21,23). The van der Waals surface area contributed by atoms with Crippen molar-refractivity contribution in [3.8, 4) is 5.75 Å². The first-order chi connectivity index (χ1) is 12.4. The molecule has 0 radical (unpaired) electrons. The molecule has 6 nitrogen and oxygen atoms in total. The highest BCUT2D eigenvalue weighted by atomic mass is 35.5. The Hall–Kier alpha value is -2.30. The lowest BCUT2D eigenvalue weighted by molar-refractivity contribution is -0.137. The van der Waals surface area contributed by atoms with Crippen LogP contribution < -0.4 is 9.50 Å². The van der Waals surface area contributed by atoms with Crippen LogP contribution in [0.25, 0.3) is 0 Å². The van der Waals surface area contributed by atoms with E-state index in [1.165, 1.54) is 38.4 Å². The molecule has 1 amide bonds. The van der Waals surface area contributed by atoms with E-state index < -0.39 is 28.0 Å². The van der Waals surface area contributed by atoms with Gasteiger partial charge in [-0.05, 0) is 42.5 Å². The highest BCUT2D eigenvalue weighted by Gasteiger charge is 2.31. The number of halogens is 4. The van der Waals surface area contributed by atoms with Gasteiger partial charge in [-0.15, -0.1) is 0 Å². The van der Waals surface area contributed by atoms with Crippen LogP contribution in [-0.2, 0) is 16.5 Å². The fourth-order valence-corrected chi connectivity index (χ4v) is 2.52. The van der Waals surface area contributed by atoms with E-state index in [1.54, 1.807) is 0 Å². The summed E-state index contributed by atoms with van der Waals surface area (Å²) in [7, 11) is -1.37. The van der Waals surface area contributed by atoms with Gasteiger partial charge >= 0.3 is 16.5 Å². The first-order valence-electron chi connectivity index (χ1n) is 7.30. The number of hydrogen-bond donors (Lipinski definition) is 1. The van der Waals surface area contributed by atoms with Crippen molar-refractivity contribution in [2.75, 3.05) is 19.4 Å². The van der Waals surface area contributed by atoms with Crippen LogP contribution in [0, 0.1) is 0 Å². The van der Waals surface area contributed by atoms with Gasteiger partial charge in [-0.1, -0.05) is 11.6 Å². The lowest BCUT2D eigenvalue weighted by Crippen LogP contribution is -2.27. The van der Waals surface area contributed by atoms with E-state index in [2.05, 4.69) is 5.32 Å². The average molecular weight is 423 g/mol. The van der Waals surface area contributed by atoms with E-state index in [1.807, 2.05) is 0 Å². The predicted octanol–water partition coefficient (Wildman–Crippen LogP) is 3.80. The molecule has 27 heavy (non-hydrogen) atoms. The van der Waals surface area contributed by atoms with Crippen LogP contribution in [0.4, 0.5) is 18.9 Å². The number of alkyl halides is 3. The third-order valence-electron chi connectivity index (χ3n) is 3.31. The van der Waals surface area contributed by atoms with Crippen molar-refractivity contribution in [1.29, 1.82) is 0 Å². The largest absolute Gasteiger partial charge is 0.416 e. The van der Waals surface area contributed by atoms with Gasteiger partial charge in [-0.25, -0.2) is 0 Å². The number of anilines is 1. The van der Waals surface area contributed by atoms with Crippen molar-refractivity contribution in [1.82, 2.24) is 4.31 Å². The number of carbonyl (C=O) groups is 1. The number of carbonyl (C=O) groups excluding carboxylic acids is 1. The van der Waals surface area contributed by atoms with E-state index >= 15 is 0 Å². The highest BCUT2D eigenvalue weighted by molar-refractivity contribution is 7.84. The Kier molecular flexibility index (Phi) is 6.03. The summed E-state index contributed by atoms with van der Waals surface area (Å²) in [5, 5.41) is 2.23. The van der Waals surface area contributed by atoms with E-state index in [9.17, 15) is 26.4 Å². The van der Waals surface area contributed by atoms with Crippen molar-refractivity contribution in [2.24, 2.45) is 0 Å². The molecule has 0 heterocycles. The maximum absolute atomic E-state index is 12.8. The summed E-state index contributed by atoms with van der Waals surface area (Å²) in [6.45, 7) is 0. The van der Waals surface area contributed by atoms with Gasteiger partial charge in [0.05, 0.1) is 16.3 Å². The SMILES string of the molecule is CN(C)S(=O)(=O)Oc1ccc(C(=O)Nc2cc(C(F)(F)F)ccc2Cl)cc1. The van der Waals surface area contributed by atoms with Gasteiger partial charge < -0.3 is 9.50 Å². The number of amides is 1. The van der Waals surface area contributed by atoms with Gasteiger partial charge in [0, 0.05) is 19.7 Å². The summed E-state index contributed by atoms with van der Waals surface area (Å²) in [5.74, 6) is -0.754. The molecule has 1 N–H and O–H groups in total. The van der Waals surface area contributed by atoms with Crippen molar-refractivity contribution < 1.29 is 30.6 Å². The molecule has 2 rings (SSSR count). The van der Waals surface area contributed by atoms with Crippen LogP contribution in [0.1, 0.15) is 15.9 Å². The maximum atomic E-state index is 12.8. The average Bonchev–Trinajstić information content (AvgIpc) is 2.56. The van der Waals surface area contributed by atoms with Crippen molar-refractivity contribution in [3.63, 3.8) is 0 Å². The topological polar surface area (TPSA) is 75.7 Å². The number of rotatable bonds is 5. The lowest BCUT2D eigenvalue weighted by atomic mass is 10.1. The van der Waals surface area contributed by atoms with Crippen molar-refractivity contribution in [2.45, 2.75) is 6.18 Å². The van der Waals surface area contributed by atoms with Crippen LogP contribution in [0.15, 0.2) is 42.5 Å². The van der Waals surface area contributed by atoms with Crippen LogP contribution in [0.5, 0.6) is 5.75 Å². The Labute approximate surface area is 158 Å². The van der Waals surface area contributed by atoms with Crippen molar-refractivity contribution >= 4 is 33.5 Å². The molecule has 11 heteroatoms. The molecule has 2 aromatic carbocycles. The fourth-order valence-electron chi connectivity index (χ4n) is 1.85. The zero-order valence-corrected chi connectivity index (χ0v) is 15.6. The molecule has 0 aliphatic rings. The van der Waals surface area contributed by atoms with E-state index in [-0.39, 0.29) is 22.0 Å². The Bertz CT molecular complexity index is 945. The predicted molar refractivity (Wildman–Crippen MR) is 94.1 cm³/mol. The van der Waals surface area contributed by atoms with E-state index in [4.69, 9.17) is 15.8 Å². The zero-order chi connectivity index (χ0) is 20.4. The molecule has 146 valence electrons. The van der Waals surface area contributed by atoms with Crippen molar-refractivity contribution in [3.05, 3.63) is 58.6 Å². The minimum absolute atomic E-state index is 0.0302. The van der Waals surface area contributed by atoms with Gasteiger partial charge in [0.25, 0.3) is 5.91 Å². The van der Waals surface area contributed by atoms with Gasteiger partial charge in [-0.2, -0.15) is 25.9 Å². The van der Waals surface area contributed by atoms with Crippen LogP contribution in [0.3, 0.4) is 0 Å². The summed E-state index contributed by atoms with van der Waals surface area (Å²) >= 11 is 5.83. The Morgan fingerprint density at radius 1 is 1.11 bits per heavy atom. The minimum Gasteiger partial charge on any atom is -0.371 e. The Morgan fingerprint density at radius 2 is 1.70 bits per heavy atom. The van der Waals surface area contributed by atoms with Gasteiger partial charge in [0.2, 0.25) is 0 Å². The zero-order valence-electron chi connectivity index (χ0n) is 14.0. The number of benzene rings is 2. The molecule has 0 aromatic heterocycles. The van der Waals surface area contributed by atoms with Crippen LogP contribution in [-0.4, -0.2) is 32.7 Å². The first-order valence-corrected chi connectivity index (χ1v) is 9.04. The summed E-state index contributed by atoms with van der Waals surface area (Å²) in [4.78, 5) is 12.2. The van der Waals surface area contributed by atoms with E-state index in [0.717, 1.165) is 22.5 Å². The first kappa shape index (κ1) is 21.0. The molecule has 0 fully saturated rings. The number of nitrogens with zero attached hydrogens (tertiary/aromatic N) is 1. The Morgan fingerprint density at radius 3 is 2.22 bits per heavy atom. The van der Waals surface area contributed by atoms with Gasteiger partial charge in [0.15, 0.2) is 0 Å². The maximum Gasteiger partial charge on any atom is 0.416 e. The third kappa shape index (κ3) is 5.34. The quantitative estimate of drug-likeness (QED) is 0.795. The molecule has 0 spiro atoms. The number of hydrogen-bond acceptors (Lipinski definition) is 4. The second-order valence-electron chi connectivity index (χ2n) is 5.49. The molecule has 0 aliphatic heterocycles. The van der Waals surface area contributed by atoms with Gasteiger partial charge in [0.1, 0.15) is 5.75 Å². The molecular formula is C16H14ClF3N2O4S. The smallest absolute Gasteiger partial charge is 0.371 e. The summed E-state index contributed by atoms with van der Waals surface area (Å²) < 4.78 is 67.3. The Balaban J connectivity index is 2.18. The highest BCUT2D eigenvalue weighted by Crippen LogP contribution is 2.34. The monoisotopic (exact) mass is 422 g/mol. The van der Waals surface area contributed by atoms with Crippen LogP contribution >= 0.6 is 11.6 Å². The number of nitrogens with one attached hydrogen (secondary N) is 1. The molecule has 0 bridgehead atoms. The lowest BCUT2D eigenvalue weighted by Gasteiger charge is -2.13. The molecular weight excluding hydrogens is 409 g/mol. The molecule has 0 saturated carbocycles. The summed E-state index contributed by atoms with van der Waals surface area (Å²) in [6, 6.07) is 7.56.